The largest absolute Gasteiger partial charge is 0.495 e. The monoisotopic (exact) mass is 380 g/mol. The van der Waals surface area contributed by atoms with Gasteiger partial charge in [0.25, 0.3) is 5.56 Å². The maximum absolute atomic E-state index is 12.1. The number of carbonyl (C=O) groups is 1. The second-order valence-electron chi connectivity index (χ2n) is 4.87. The number of rotatable bonds is 5. The van der Waals surface area contributed by atoms with Gasteiger partial charge in [-0.1, -0.05) is 23.4 Å². The Morgan fingerprint density at radius 1 is 1.40 bits per heavy atom. The maximum Gasteiger partial charge on any atom is 0.278 e. The zero-order valence-corrected chi connectivity index (χ0v) is 14.5. The number of hydrogen-bond acceptors (Lipinski definition) is 7. The predicted molar refractivity (Wildman–Crippen MR) is 96.3 cm³/mol. The van der Waals surface area contributed by atoms with Crippen LogP contribution in [0.3, 0.4) is 0 Å². The highest BCUT2D eigenvalue weighted by molar-refractivity contribution is 7.99. The number of anilines is 2. The molecule has 130 valence electrons. The predicted octanol–water partition coefficient (Wildman–Crippen LogP) is 1.62. The highest BCUT2D eigenvalue weighted by Crippen LogP contribution is 2.28. The number of benzene rings is 1. The van der Waals surface area contributed by atoms with Crippen molar-refractivity contribution in [3.63, 3.8) is 0 Å². The molecule has 0 fully saturated rings. The Hall–Kier alpha value is -2.72. The average Bonchev–Trinajstić information content (AvgIpc) is 2.96. The maximum atomic E-state index is 12.1. The van der Waals surface area contributed by atoms with Crippen molar-refractivity contribution < 1.29 is 9.53 Å². The van der Waals surface area contributed by atoms with Crippen molar-refractivity contribution in [1.82, 2.24) is 19.9 Å². The number of aromatic nitrogens is 4. The summed E-state index contributed by atoms with van der Waals surface area (Å²) in [6.07, 6.45) is 0. The molecule has 2 aromatic heterocycles. The Kier molecular flexibility index (Phi) is 4.81. The fourth-order valence-electron chi connectivity index (χ4n) is 2.07. The van der Waals surface area contributed by atoms with Crippen LogP contribution in [0.2, 0.25) is 5.02 Å². The summed E-state index contributed by atoms with van der Waals surface area (Å²) in [5.41, 5.74) is 5.91. The van der Waals surface area contributed by atoms with Gasteiger partial charge in [0.2, 0.25) is 11.9 Å². The lowest BCUT2D eigenvalue weighted by Crippen LogP contribution is -2.14. The van der Waals surface area contributed by atoms with Gasteiger partial charge in [0.1, 0.15) is 5.75 Å². The van der Waals surface area contributed by atoms with Crippen molar-refractivity contribution in [2.75, 3.05) is 23.9 Å². The van der Waals surface area contributed by atoms with Gasteiger partial charge in [-0.25, -0.2) is 4.98 Å². The number of nitrogens with two attached hydrogens (primary N) is 1. The first-order valence-corrected chi connectivity index (χ1v) is 8.34. The average molecular weight is 381 g/mol. The van der Waals surface area contributed by atoms with E-state index in [9.17, 15) is 9.59 Å². The first-order chi connectivity index (χ1) is 12.0. The van der Waals surface area contributed by atoms with Crippen LogP contribution >= 0.6 is 23.4 Å². The minimum Gasteiger partial charge on any atom is -0.495 e. The summed E-state index contributed by atoms with van der Waals surface area (Å²) in [5.74, 6) is 0.250. The lowest BCUT2D eigenvalue weighted by atomic mass is 10.3. The van der Waals surface area contributed by atoms with Gasteiger partial charge >= 0.3 is 0 Å². The molecule has 0 bridgehead atoms. The zero-order chi connectivity index (χ0) is 18.0. The number of nitrogens with one attached hydrogen (secondary N) is 3. The zero-order valence-electron chi connectivity index (χ0n) is 12.9. The lowest BCUT2D eigenvalue weighted by Gasteiger charge is -2.10. The lowest BCUT2D eigenvalue weighted by molar-refractivity contribution is -0.113. The topological polar surface area (TPSA) is 139 Å². The van der Waals surface area contributed by atoms with E-state index in [1.165, 1.54) is 7.11 Å². The van der Waals surface area contributed by atoms with Crippen molar-refractivity contribution in [2.45, 2.75) is 5.16 Å². The standard InChI is InChI=1S/C14H13ClN6O3S/c1-24-8-3-2-6(15)4-7(8)17-9(22)5-25-14-18-10-11(20-14)19-13(16)21-12(10)23/h2-4H,5H2,1H3,(H,17,22)(H4,16,18,19,20,21,23). The Bertz CT molecular complexity index is 1000. The summed E-state index contributed by atoms with van der Waals surface area (Å²) in [6.45, 7) is 0. The number of nitrogens with zero attached hydrogens (tertiary/aromatic N) is 2. The van der Waals surface area contributed by atoms with Crippen LogP contribution in [0.4, 0.5) is 11.6 Å². The number of aromatic amines is 2. The fourth-order valence-corrected chi connectivity index (χ4v) is 2.91. The fraction of sp³-hybridized carbons (Fsp3) is 0.143. The Morgan fingerprint density at radius 2 is 2.20 bits per heavy atom. The Labute approximate surface area is 150 Å². The Morgan fingerprint density at radius 3 is 2.96 bits per heavy atom. The van der Waals surface area contributed by atoms with E-state index in [4.69, 9.17) is 22.1 Å². The van der Waals surface area contributed by atoms with Gasteiger partial charge < -0.3 is 20.8 Å². The molecule has 0 aliphatic carbocycles. The summed E-state index contributed by atoms with van der Waals surface area (Å²) in [7, 11) is 1.50. The van der Waals surface area contributed by atoms with E-state index >= 15 is 0 Å². The van der Waals surface area contributed by atoms with Gasteiger partial charge in [-0.15, -0.1) is 0 Å². The van der Waals surface area contributed by atoms with Crippen molar-refractivity contribution in [3.8, 4) is 5.75 Å². The molecule has 0 aliphatic rings. The van der Waals surface area contributed by atoms with Crippen molar-refractivity contribution in [1.29, 1.82) is 0 Å². The number of halogens is 1. The van der Waals surface area contributed by atoms with E-state index in [0.717, 1.165) is 11.8 Å². The van der Waals surface area contributed by atoms with E-state index in [-0.39, 0.29) is 28.8 Å². The van der Waals surface area contributed by atoms with E-state index in [0.29, 0.717) is 21.6 Å². The van der Waals surface area contributed by atoms with Crippen molar-refractivity contribution >= 4 is 52.1 Å². The molecule has 11 heteroatoms. The normalized spacial score (nSPS) is 10.8. The molecule has 25 heavy (non-hydrogen) atoms. The number of carbonyl (C=O) groups excluding carboxylic acids is 1. The van der Waals surface area contributed by atoms with Gasteiger partial charge in [-0.3, -0.25) is 14.6 Å². The molecule has 0 unspecified atom stereocenters. The molecule has 3 rings (SSSR count). The molecule has 9 nitrogen and oxygen atoms in total. The quantitative estimate of drug-likeness (QED) is 0.493. The molecule has 0 aliphatic heterocycles. The molecule has 2 heterocycles. The third-order valence-corrected chi connectivity index (χ3v) is 4.24. The van der Waals surface area contributed by atoms with Gasteiger partial charge in [0.05, 0.1) is 18.6 Å². The van der Waals surface area contributed by atoms with E-state index in [1.54, 1.807) is 18.2 Å². The summed E-state index contributed by atoms with van der Waals surface area (Å²) in [4.78, 5) is 37.1. The smallest absolute Gasteiger partial charge is 0.278 e. The number of ether oxygens (including phenoxy) is 1. The second-order valence-corrected chi connectivity index (χ2v) is 6.27. The highest BCUT2D eigenvalue weighted by atomic mass is 35.5. The van der Waals surface area contributed by atoms with E-state index < -0.39 is 5.56 Å². The molecule has 0 radical (unpaired) electrons. The minimum atomic E-state index is -0.421. The number of hydrogen-bond donors (Lipinski definition) is 4. The van der Waals surface area contributed by atoms with Crippen LogP contribution in [0.1, 0.15) is 0 Å². The number of thioether (sulfide) groups is 1. The van der Waals surface area contributed by atoms with Gasteiger partial charge in [0.15, 0.2) is 16.3 Å². The summed E-state index contributed by atoms with van der Waals surface area (Å²) in [5, 5.41) is 3.57. The van der Waals surface area contributed by atoms with Gasteiger partial charge in [-0.2, -0.15) is 4.98 Å². The van der Waals surface area contributed by atoms with Crippen LogP contribution < -0.4 is 21.3 Å². The minimum absolute atomic E-state index is 0.0219. The van der Waals surface area contributed by atoms with Crippen molar-refractivity contribution in [3.05, 3.63) is 33.6 Å². The first-order valence-electron chi connectivity index (χ1n) is 6.98. The van der Waals surface area contributed by atoms with Crippen LogP contribution in [0.25, 0.3) is 11.2 Å². The van der Waals surface area contributed by atoms with Crippen LogP contribution in [-0.2, 0) is 4.79 Å². The van der Waals surface area contributed by atoms with Crippen LogP contribution in [0, 0.1) is 0 Å². The van der Waals surface area contributed by atoms with Gasteiger partial charge in [-0.05, 0) is 18.2 Å². The molecular weight excluding hydrogens is 368 g/mol. The summed E-state index contributed by atoms with van der Waals surface area (Å²) >= 11 is 7.05. The summed E-state index contributed by atoms with van der Waals surface area (Å²) < 4.78 is 5.17. The molecular formula is C14H13ClN6O3S. The molecule has 0 atom stereocenters. The number of H-pyrrole nitrogens is 2. The highest BCUT2D eigenvalue weighted by Gasteiger charge is 2.12. The van der Waals surface area contributed by atoms with Crippen LogP contribution in [0.15, 0.2) is 28.2 Å². The van der Waals surface area contributed by atoms with Crippen LogP contribution in [-0.4, -0.2) is 38.7 Å². The molecule has 5 N–H and O–H groups in total. The van der Waals surface area contributed by atoms with Gasteiger partial charge in [0, 0.05) is 5.02 Å². The third-order valence-electron chi connectivity index (χ3n) is 3.13. The molecule has 1 aromatic carbocycles. The van der Waals surface area contributed by atoms with Crippen molar-refractivity contribution in [2.24, 2.45) is 0 Å². The number of imidazole rings is 1. The first kappa shape index (κ1) is 17.1. The molecule has 1 amide bonds. The number of methoxy groups -OCH3 is 1. The second kappa shape index (κ2) is 7.03. The molecule has 0 saturated heterocycles. The third kappa shape index (κ3) is 3.86. The van der Waals surface area contributed by atoms with E-state index in [1.807, 2.05) is 0 Å². The summed E-state index contributed by atoms with van der Waals surface area (Å²) in [6, 6.07) is 4.92. The Balaban J connectivity index is 1.70. The number of nitrogen functional groups attached to an aromatic ring is 1. The van der Waals surface area contributed by atoms with Crippen LogP contribution in [0.5, 0.6) is 5.75 Å². The molecule has 0 saturated carbocycles. The van der Waals surface area contributed by atoms with E-state index in [2.05, 4.69) is 25.3 Å². The molecule has 3 aromatic rings. The molecule has 0 spiro atoms. The number of fused-ring (bicyclic) bond motifs is 1. The SMILES string of the molecule is COc1ccc(Cl)cc1NC(=O)CSc1nc2nc(N)[nH]c(=O)c2[nH]1. The number of amides is 1.